The predicted octanol–water partition coefficient (Wildman–Crippen LogP) is 4.71. The third kappa shape index (κ3) is 4.07. The third-order valence-corrected chi connectivity index (χ3v) is 3.48. The van der Waals surface area contributed by atoms with E-state index < -0.39 is 0 Å². The lowest BCUT2D eigenvalue weighted by Gasteiger charge is -2.27. The Kier molecular flexibility index (Phi) is 6.10. The summed E-state index contributed by atoms with van der Waals surface area (Å²) in [5, 5.41) is 0. The fraction of sp³-hybridized carbons (Fsp3) is 0.625. The monoisotopic (exact) mass is 233 g/mol. The Bertz CT molecular complexity index is 322. The van der Waals surface area contributed by atoms with E-state index in [9.17, 15) is 0 Å². The van der Waals surface area contributed by atoms with Gasteiger partial charge in [-0.05, 0) is 43.9 Å². The zero-order valence-electron chi connectivity index (χ0n) is 11.9. The standard InChI is InChI=1S/C16H27N/c1-5-7-12-17(13-8-6-2)16-11-9-10-14(3)15(16)4/h9-11H,5-8,12-13H2,1-4H3. The summed E-state index contributed by atoms with van der Waals surface area (Å²) >= 11 is 0. The van der Waals surface area contributed by atoms with Gasteiger partial charge in [0, 0.05) is 18.8 Å². The van der Waals surface area contributed by atoms with Crippen LogP contribution in [0.25, 0.3) is 0 Å². The molecule has 1 aromatic carbocycles. The second-order valence-corrected chi connectivity index (χ2v) is 4.91. The molecule has 17 heavy (non-hydrogen) atoms. The van der Waals surface area contributed by atoms with Gasteiger partial charge in [-0.25, -0.2) is 0 Å². The SMILES string of the molecule is CCCCN(CCCC)c1cccc(C)c1C. The van der Waals surface area contributed by atoms with Gasteiger partial charge >= 0.3 is 0 Å². The molecule has 96 valence electrons. The molecule has 0 atom stereocenters. The van der Waals surface area contributed by atoms with Crippen molar-refractivity contribution >= 4 is 5.69 Å². The molecule has 0 radical (unpaired) electrons. The van der Waals surface area contributed by atoms with Gasteiger partial charge in [-0.15, -0.1) is 0 Å². The predicted molar refractivity (Wildman–Crippen MR) is 77.9 cm³/mol. The van der Waals surface area contributed by atoms with E-state index in [1.807, 2.05) is 0 Å². The lowest BCUT2D eigenvalue weighted by atomic mass is 10.1. The van der Waals surface area contributed by atoms with Gasteiger partial charge in [0.15, 0.2) is 0 Å². The molecule has 0 fully saturated rings. The summed E-state index contributed by atoms with van der Waals surface area (Å²) in [5.41, 5.74) is 4.28. The van der Waals surface area contributed by atoms with E-state index in [2.05, 4.69) is 50.8 Å². The molecule has 1 heteroatoms. The number of unbranched alkanes of at least 4 members (excludes halogenated alkanes) is 2. The van der Waals surface area contributed by atoms with Crippen LogP contribution >= 0.6 is 0 Å². The van der Waals surface area contributed by atoms with E-state index in [-0.39, 0.29) is 0 Å². The summed E-state index contributed by atoms with van der Waals surface area (Å²) in [5.74, 6) is 0. The van der Waals surface area contributed by atoms with Crippen molar-refractivity contribution in [1.82, 2.24) is 0 Å². The molecule has 1 aromatic rings. The molecule has 0 N–H and O–H groups in total. The minimum atomic E-state index is 1.20. The quantitative estimate of drug-likeness (QED) is 0.659. The Labute approximate surface area is 107 Å². The summed E-state index contributed by atoms with van der Waals surface area (Å²) in [4.78, 5) is 2.56. The highest BCUT2D eigenvalue weighted by Gasteiger charge is 2.09. The zero-order chi connectivity index (χ0) is 12.7. The van der Waals surface area contributed by atoms with Gasteiger partial charge in [0.25, 0.3) is 0 Å². The Morgan fingerprint density at radius 1 is 0.941 bits per heavy atom. The van der Waals surface area contributed by atoms with Gasteiger partial charge in [-0.2, -0.15) is 0 Å². The van der Waals surface area contributed by atoms with E-state index in [1.165, 1.54) is 55.6 Å². The van der Waals surface area contributed by atoms with E-state index in [0.29, 0.717) is 0 Å². The Morgan fingerprint density at radius 3 is 2.06 bits per heavy atom. The zero-order valence-corrected chi connectivity index (χ0v) is 11.9. The third-order valence-electron chi connectivity index (χ3n) is 3.48. The summed E-state index contributed by atoms with van der Waals surface area (Å²) in [6, 6.07) is 6.66. The fourth-order valence-corrected chi connectivity index (χ4v) is 2.13. The number of anilines is 1. The number of benzene rings is 1. The molecule has 0 saturated carbocycles. The van der Waals surface area contributed by atoms with Crippen molar-refractivity contribution in [2.75, 3.05) is 18.0 Å². The summed E-state index contributed by atoms with van der Waals surface area (Å²) in [7, 11) is 0. The molecule has 0 aliphatic rings. The van der Waals surface area contributed by atoms with E-state index >= 15 is 0 Å². The van der Waals surface area contributed by atoms with Crippen LogP contribution in [0.4, 0.5) is 5.69 Å². The maximum absolute atomic E-state index is 2.56. The topological polar surface area (TPSA) is 3.24 Å². The van der Waals surface area contributed by atoms with Gasteiger partial charge in [-0.3, -0.25) is 0 Å². The maximum atomic E-state index is 2.56. The molecular weight excluding hydrogens is 206 g/mol. The van der Waals surface area contributed by atoms with Gasteiger partial charge < -0.3 is 4.90 Å². The fourth-order valence-electron chi connectivity index (χ4n) is 2.13. The van der Waals surface area contributed by atoms with Crippen molar-refractivity contribution in [3.8, 4) is 0 Å². The van der Waals surface area contributed by atoms with Crippen LogP contribution in [0.2, 0.25) is 0 Å². The number of aryl methyl sites for hydroxylation is 1. The Morgan fingerprint density at radius 2 is 1.53 bits per heavy atom. The minimum Gasteiger partial charge on any atom is -0.371 e. The first kappa shape index (κ1) is 14.1. The Balaban J connectivity index is 2.83. The van der Waals surface area contributed by atoms with Crippen molar-refractivity contribution in [1.29, 1.82) is 0 Å². The van der Waals surface area contributed by atoms with Gasteiger partial charge in [0.1, 0.15) is 0 Å². The molecule has 0 saturated heterocycles. The molecule has 1 nitrogen and oxygen atoms in total. The highest BCUT2D eigenvalue weighted by atomic mass is 15.1. The van der Waals surface area contributed by atoms with Crippen LogP contribution in [-0.4, -0.2) is 13.1 Å². The Hall–Kier alpha value is -0.980. The molecule has 0 bridgehead atoms. The summed E-state index contributed by atoms with van der Waals surface area (Å²) < 4.78 is 0. The van der Waals surface area contributed by atoms with Crippen molar-refractivity contribution in [3.05, 3.63) is 29.3 Å². The summed E-state index contributed by atoms with van der Waals surface area (Å²) in [6.45, 7) is 11.4. The second-order valence-electron chi connectivity index (χ2n) is 4.91. The number of hydrogen-bond acceptors (Lipinski definition) is 1. The molecule has 0 aliphatic carbocycles. The van der Waals surface area contributed by atoms with Gasteiger partial charge in [0.05, 0.1) is 0 Å². The molecule has 0 spiro atoms. The highest BCUT2D eigenvalue weighted by molar-refractivity contribution is 5.55. The molecule has 0 aromatic heterocycles. The molecule has 0 aliphatic heterocycles. The largest absolute Gasteiger partial charge is 0.371 e. The van der Waals surface area contributed by atoms with E-state index in [4.69, 9.17) is 0 Å². The molecular formula is C16H27N. The van der Waals surface area contributed by atoms with Crippen LogP contribution in [-0.2, 0) is 0 Å². The van der Waals surface area contributed by atoms with Crippen LogP contribution in [0.5, 0.6) is 0 Å². The van der Waals surface area contributed by atoms with Crippen LogP contribution in [0.1, 0.15) is 50.7 Å². The molecule has 0 heterocycles. The maximum Gasteiger partial charge on any atom is 0.0398 e. The van der Waals surface area contributed by atoms with Crippen LogP contribution in [0.3, 0.4) is 0 Å². The number of rotatable bonds is 7. The number of hydrogen-bond donors (Lipinski definition) is 0. The minimum absolute atomic E-state index is 1.20. The first-order chi connectivity index (χ1) is 8.20. The van der Waals surface area contributed by atoms with Crippen molar-refractivity contribution < 1.29 is 0 Å². The van der Waals surface area contributed by atoms with Crippen LogP contribution in [0, 0.1) is 13.8 Å². The van der Waals surface area contributed by atoms with Crippen molar-refractivity contribution in [2.24, 2.45) is 0 Å². The second kappa shape index (κ2) is 7.37. The first-order valence-corrected chi connectivity index (χ1v) is 7.01. The van der Waals surface area contributed by atoms with E-state index in [1.54, 1.807) is 0 Å². The average molecular weight is 233 g/mol. The van der Waals surface area contributed by atoms with Crippen molar-refractivity contribution in [2.45, 2.75) is 53.4 Å². The lowest BCUT2D eigenvalue weighted by Crippen LogP contribution is -2.26. The smallest absolute Gasteiger partial charge is 0.0398 e. The number of nitrogens with zero attached hydrogens (tertiary/aromatic N) is 1. The van der Waals surface area contributed by atoms with Gasteiger partial charge in [-0.1, -0.05) is 38.8 Å². The van der Waals surface area contributed by atoms with Crippen LogP contribution in [0.15, 0.2) is 18.2 Å². The van der Waals surface area contributed by atoms with Crippen molar-refractivity contribution in [3.63, 3.8) is 0 Å². The summed E-state index contributed by atoms with van der Waals surface area (Å²) in [6.07, 6.45) is 5.12. The average Bonchev–Trinajstić information content (AvgIpc) is 2.34. The highest BCUT2D eigenvalue weighted by Crippen LogP contribution is 2.23. The van der Waals surface area contributed by atoms with E-state index in [0.717, 1.165) is 0 Å². The van der Waals surface area contributed by atoms with Crippen LogP contribution < -0.4 is 4.90 Å². The normalized spacial score (nSPS) is 10.6. The molecule has 1 rings (SSSR count). The first-order valence-electron chi connectivity index (χ1n) is 7.01. The molecule has 0 unspecified atom stereocenters. The lowest BCUT2D eigenvalue weighted by molar-refractivity contribution is 0.676. The van der Waals surface area contributed by atoms with Gasteiger partial charge in [0.2, 0.25) is 0 Å². The molecule has 0 amide bonds.